The van der Waals surface area contributed by atoms with E-state index in [1.54, 1.807) is 0 Å². The molecule has 31 heavy (non-hydrogen) atoms. The largest absolute Gasteiger partial charge is 0.481 e. The van der Waals surface area contributed by atoms with E-state index in [0.717, 1.165) is 38.5 Å². The number of aliphatic carboxylic acids is 1. The molecule has 0 aliphatic carbocycles. The minimum atomic E-state index is -0.706. The van der Waals surface area contributed by atoms with Gasteiger partial charge in [0.1, 0.15) is 0 Å². The first-order chi connectivity index (χ1) is 14.6. The highest BCUT2D eigenvalue weighted by atomic mass is 16.7. The number of hydrogen-bond acceptors (Lipinski definition) is 5. The maximum absolute atomic E-state index is 12.6. The van der Waals surface area contributed by atoms with Crippen LogP contribution in [0.4, 0.5) is 0 Å². The third-order valence-electron chi connectivity index (χ3n) is 5.90. The summed E-state index contributed by atoms with van der Waals surface area (Å²) in [6.07, 6.45) is 13.2. The molecule has 1 N–H and O–H groups in total. The summed E-state index contributed by atoms with van der Waals surface area (Å²) in [6.45, 7) is 5.94. The Balaban J connectivity index is 2.14. The van der Waals surface area contributed by atoms with Gasteiger partial charge in [-0.05, 0) is 18.3 Å². The summed E-state index contributed by atoms with van der Waals surface area (Å²) in [5.74, 6) is -2.42. The molecule has 1 aliphatic rings. The molecule has 178 valence electrons. The summed E-state index contributed by atoms with van der Waals surface area (Å²) >= 11 is 0. The molecule has 0 spiro atoms. The smallest absolute Gasteiger partial charge is 0.336 e. The van der Waals surface area contributed by atoms with Crippen LogP contribution in [0.2, 0.25) is 0 Å². The van der Waals surface area contributed by atoms with Crippen LogP contribution in [0.15, 0.2) is 0 Å². The number of hydroxylamine groups is 2. The molecule has 1 fully saturated rings. The maximum atomic E-state index is 12.6. The zero-order chi connectivity index (χ0) is 23.3. The standard InChI is InChI=1S/C24H41NO6/c1-24(2,3)19(23(30)31-25-20(26)17-18-21(25)27)15-13-11-9-7-5-4-6-8-10-12-14-16-22(28)29/h19H,4-18H2,1-3H3,(H,28,29). The zero-order valence-electron chi connectivity index (χ0n) is 19.6. The van der Waals surface area contributed by atoms with Gasteiger partial charge < -0.3 is 9.94 Å². The van der Waals surface area contributed by atoms with Gasteiger partial charge in [0.15, 0.2) is 0 Å². The van der Waals surface area contributed by atoms with E-state index in [-0.39, 0.29) is 30.6 Å². The number of amides is 2. The van der Waals surface area contributed by atoms with Crippen LogP contribution in [0.3, 0.4) is 0 Å². The number of hydrogen-bond donors (Lipinski definition) is 1. The van der Waals surface area contributed by atoms with E-state index in [2.05, 4.69) is 0 Å². The molecule has 1 rings (SSSR count). The minimum absolute atomic E-state index is 0.108. The van der Waals surface area contributed by atoms with Gasteiger partial charge in [0.05, 0.1) is 5.92 Å². The van der Waals surface area contributed by atoms with Crippen molar-refractivity contribution >= 4 is 23.8 Å². The number of carboxylic acids is 1. The van der Waals surface area contributed by atoms with Crippen LogP contribution in [0.25, 0.3) is 0 Å². The van der Waals surface area contributed by atoms with Crippen LogP contribution in [0.5, 0.6) is 0 Å². The van der Waals surface area contributed by atoms with Gasteiger partial charge in [-0.1, -0.05) is 85.0 Å². The molecule has 1 saturated heterocycles. The number of carbonyl (C=O) groups excluding carboxylic acids is 3. The molecule has 1 heterocycles. The van der Waals surface area contributed by atoms with Gasteiger partial charge >= 0.3 is 11.9 Å². The van der Waals surface area contributed by atoms with E-state index < -0.39 is 23.8 Å². The normalized spacial score (nSPS) is 15.4. The van der Waals surface area contributed by atoms with E-state index in [1.165, 1.54) is 32.1 Å². The molecule has 0 aromatic carbocycles. The van der Waals surface area contributed by atoms with Crippen LogP contribution < -0.4 is 0 Å². The van der Waals surface area contributed by atoms with Crippen molar-refractivity contribution in [2.45, 2.75) is 117 Å². The lowest BCUT2D eigenvalue weighted by atomic mass is 9.78. The summed E-state index contributed by atoms with van der Waals surface area (Å²) < 4.78 is 0. The van der Waals surface area contributed by atoms with E-state index in [0.29, 0.717) is 11.5 Å². The van der Waals surface area contributed by atoms with Crippen LogP contribution in [0, 0.1) is 11.3 Å². The SMILES string of the molecule is CC(C)(C)C(CCCCCCCCCCCCCC(=O)O)C(=O)ON1C(=O)CCC1=O. The Hall–Kier alpha value is -1.92. The number of unbranched alkanes of at least 4 members (excludes halogenated alkanes) is 10. The molecule has 0 bridgehead atoms. The Morgan fingerprint density at radius 3 is 1.68 bits per heavy atom. The van der Waals surface area contributed by atoms with E-state index in [9.17, 15) is 19.2 Å². The first-order valence-electron chi connectivity index (χ1n) is 11.9. The van der Waals surface area contributed by atoms with E-state index >= 15 is 0 Å². The number of carboxylic acid groups (broad SMARTS) is 1. The van der Waals surface area contributed by atoms with Gasteiger partial charge in [-0.3, -0.25) is 14.4 Å². The Morgan fingerprint density at radius 2 is 1.26 bits per heavy atom. The quantitative estimate of drug-likeness (QED) is 0.255. The minimum Gasteiger partial charge on any atom is -0.481 e. The van der Waals surface area contributed by atoms with Crippen molar-refractivity contribution in [2.24, 2.45) is 11.3 Å². The average Bonchev–Trinajstić information content (AvgIpc) is 2.99. The lowest BCUT2D eigenvalue weighted by molar-refractivity contribution is -0.203. The molecule has 2 amide bonds. The molecule has 1 unspecified atom stereocenters. The fourth-order valence-corrected chi connectivity index (χ4v) is 3.93. The first-order valence-corrected chi connectivity index (χ1v) is 11.9. The van der Waals surface area contributed by atoms with E-state index in [1.807, 2.05) is 20.8 Å². The zero-order valence-corrected chi connectivity index (χ0v) is 19.6. The average molecular weight is 440 g/mol. The van der Waals surface area contributed by atoms with Gasteiger partial charge in [-0.15, -0.1) is 5.06 Å². The Kier molecular flexibility index (Phi) is 12.4. The van der Waals surface area contributed by atoms with Crippen molar-refractivity contribution in [3.63, 3.8) is 0 Å². The van der Waals surface area contributed by atoms with Crippen LogP contribution in [-0.2, 0) is 24.0 Å². The van der Waals surface area contributed by atoms with Crippen LogP contribution in [-0.4, -0.2) is 33.9 Å². The highest BCUT2D eigenvalue weighted by Crippen LogP contribution is 2.32. The van der Waals surface area contributed by atoms with Gasteiger partial charge in [0, 0.05) is 19.3 Å². The van der Waals surface area contributed by atoms with Crippen molar-refractivity contribution < 1.29 is 29.1 Å². The lowest BCUT2D eigenvalue weighted by Crippen LogP contribution is -2.38. The number of imide groups is 1. The van der Waals surface area contributed by atoms with Gasteiger partial charge in [0.2, 0.25) is 0 Å². The second-order valence-corrected chi connectivity index (χ2v) is 9.73. The summed E-state index contributed by atoms with van der Waals surface area (Å²) in [4.78, 5) is 51.6. The fourth-order valence-electron chi connectivity index (χ4n) is 3.93. The predicted octanol–water partition coefficient (Wildman–Crippen LogP) is 5.41. The third kappa shape index (κ3) is 11.3. The van der Waals surface area contributed by atoms with Crippen molar-refractivity contribution in [2.75, 3.05) is 0 Å². The highest BCUT2D eigenvalue weighted by molar-refractivity contribution is 6.01. The van der Waals surface area contributed by atoms with Crippen LogP contribution >= 0.6 is 0 Å². The van der Waals surface area contributed by atoms with Crippen molar-refractivity contribution in [1.82, 2.24) is 5.06 Å². The maximum Gasteiger partial charge on any atom is 0.336 e. The molecule has 7 heteroatoms. The second-order valence-electron chi connectivity index (χ2n) is 9.73. The molecule has 1 atom stereocenters. The Bertz CT molecular complexity index is 579. The number of rotatable bonds is 16. The predicted molar refractivity (Wildman–Crippen MR) is 118 cm³/mol. The first kappa shape index (κ1) is 27.1. The van der Waals surface area contributed by atoms with E-state index in [4.69, 9.17) is 9.94 Å². The fraction of sp³-hybridized carbons (Fsp3) is 0.833. The molecular weight excluding hydrogens is 398 g/mol. The van der Waals surface area contributed by atoms with Crippen molar-refractivity contribution in [3.05, 3.63) is 0 Å². The monoisotopic (exact) mass is 439 g/mol. The van der Waals surface area contributed by atoms with Gasteiger partial charge in [-0.25, -0.2) is 4.79 Å². The molecule has 0 radical (unpaired) electrons. The van der Waals surface area contributed by atoms with Gasteiger partial charge in [-0.2, -0.15) is 0 Å². The van der Waals surface area contributed by atoms with Crippen LogP contribution in [0.1, 0.15) is 117 Å². The summed E-state index contributed by atoms with van der Waals surface area (Å²) in [6, 6.07) is 0. The molecule has 0 aromatic rings. The van der Waals surface area contributed by atoms with Gasteiger partial charge in [0.25, 0.3) is 11.8 Å². The molecule has 7 nitrogen and oxygen atoms in total. The number of nitrogens with zero attached hydrogens (tertiary/aromatic N) is 1. The molecule has 1 aliphatic heterocycles. The molecular formula is C24H41NO6. The highest BCUT2D eigenvalue weighted by Gasteiger charge is 2.38. The summed E-state index contributed by atoms with van der Waals surface area (Å²) in [7, 11) is 0. The van der Waals surface area contributed by atoms with Crippen molar-refractivity contribution in [3.8, 4) is 0 Å². The molecule has 0 saturated carbocycles. The summed E-state index contributed by atoms with van der Waals surface area (Å²) in [5.41, 5.74) is -0.298. The Labute approximate surface area is 186 Å². The third-order valence-corrected chi connectivity index (χ3v) is 5.90. The number of carbonyl (C=O) groups is 4. The second kappa shape index (κ2) is 14.2. The van der Waals surface area contributed by atoms with Crippen molar-refractivity contribution in [1.29, 1.82) is 0 Å². The molecule has 0 aromatic heterocycles. The Morgan fingerprint density at radius 1 is 0.839 bits per heavy atom. The topological polar surface area (TPSA) is 101 Å². The summed E-state index contributed by atoms with van der Waals surface area (Å²) in [5, 5.41) is 9.25. The lowest BCUT2D eigenvalue weighted by Gasteiger charge is -2.29.